The molecule has 0 radical (unpaired) electrons. The maximum atomic E-state index is 9.54. The van der Waals surface area contributed by atoms with Crippen LogP contribution in [0.2, 0.25) is 0 Å². The van der Waals surface area contributed by atoms with Crippen molar-refractivity contribution in [1.82, 2.24) is 25.1 Å². The summed E-state index contributed by atoms with van der Waals surface area (Å²) < 4.78 is 7.55. The molecule has 0 amide bonds. The number of aromatic nitrogens is 4. The predicted octanol–water partition coefficient (Wildman–Crippen LogP) is 2.68. The molecular formula is C22H24N6O2. The molecule has 0 aliphatic carbocycles. The number of aliphatic hydroxyl groups is 1. The molecular weight excluding hydrogens is 380 g/mol. The van der Waals surface area contributed by atoms with E-state index in [1.165, 1.54) is 5.56 Å². The summed E-state index contributed by atoms with van der Waals surface area (Å²) in [7, 11) is 0. The van der Waals surface area contributed by atoms with Crippen molar-refractivity contribution in [2.75, 3.05) is 31.1 Å². The van der Waals surface area contributed by atoms with Crippen molar-refractivity contribution in [2.24, 2.45) is 0 Å². The minimum absolute atomic E-state index is 0.175. The smallest absolute Gasteiger partial charge is 0.253 e. The Morgan fingerprint density at radius 2 is 2.07 bits per heavy atom. The zero-order valence-corrected chi connectivity index (χ0v) is 16.9. The zero-order chi connectivity index (χ0) is 20.5. The highest BCUT2D eigenvalue weighted by atomic mass is 16.4. The van der Waals surface area contributed by atoms with Crippen LogP contribution in [0.4, 0.5) is 5.82 Å². The second kappa shape index (κ2) is 7.89. The first kappa shape index (κ1) is 18.8. The number of anilines is 1. The van der Waals surface area contributed by atoms with Gasteiger partial charge in [-0.15, -0.1) is 0 Å². The average molecular weight is 404 g/mol. The standard InChI is InChI=1S/C22H24N6O2/c1-15-4-2-5-16(10-15)17-12-24-28(13-17)22-25-19-11-18(14-29)30-20(19)21(26-22)27-8-3-6-23-7-9-27/h2,4-5,10-13,23,29H,3,6-9,14H2,1H3. The first-order valence-corrected chi connectivity index (χ1v) is 10.2. The summed E-state index contributed by atoms with van der Waals surface area (Å²) in [6, 6.07) is 10.1. The molecule has 4 heterocycles. The van der Waals surface area contributed by atoms with Gasteiger partial charge in [0, 0.05) is 37.5 Å². The predicted molar refractivity (Wildman–Crippen MR) is 115 cm³/mol. The number of nitrogens with one attached hydrogen (secondary N) is 1. The number of aliphatic hydroxyl groups excluding tert-OH is 1. The van der Waals surface area contributed by atoms with Gasteiger partial charge in [-0.25, -0.2) is 9.67 Å². The van der Waals surface area contributed by atoms with E-state index in [0.717, 1.165) is 49.5 Å². The Kier molecular flexibility index (Phi) is 4.94. The van der Waals surface area contributed by atoms with Crippen molar-refractivity contribution in [3.8, 4) is 17.1 Å². The van der Waals surface area contributed by atoms with Gasteiger partial charge >= 0.3 is 0 Å². The Hall–Kier alpha value is -3.23. The van der Waals surface area contributed by atoms with Gasteiger partial charge in [0.25, 0.3) is 5.95 Å². The number of fused-ring (bicyclic) bond motifs is 1. The third-order valence-corrected chi connectivity index (χ3v) is 5.33. The number of hydrogen-bond acceptors (Lipinski definition) is 7. The van der Waals surface area contributed by atoms with Crippen LogP contribution in [0.15, 0.2) is 47.1 Å². The summed E-state index contributed by atoms with van der Waals surface area (Å²) in [4.78, 5) is 11.7. The number of nitrogens with zero attached hydrogens (tertiary/aromatic N) is 5. The van der Waals surface area contributed by atoms with Gasteiger partial charge in [-0.3, -0.25) is 0 Å². The molecule has 0 saturated carbocycles. The lowest BCUT2D eigenvalue weighted by Crippen LogP contribution is -2.29. The second-order valence-electron chi connectivity index (χ2n) is 7.57. The summed E-state index contributed by atoms with van der Waals surface area (Å²) in [5, 5.41) is 17.5. The fourth-order valence-electron chi connectivity index (χ4n) is 3.81. The maximum Gasteiger partial charge on any atom is 0.253 e. The lowest BCUT2D eigenvalue weighted by Gasteiger charge is -2.21. The van der Waals surface area contributed by atoms with E-state index in [0.29, 0.717) is 22.8 Å². The SMILES string of the molecule is Cc1cccc(-c2cnn(-c3nc(N4CCCNCC4)c4oc(CO)cc4n3)c2)c1. The van der Waals surface area contributed by atoms with Crippen LogP contribution in [-0.2, 0) is 6.61 Å². The highest BCUT2D eigenvalue weighted by Gasteiger charge is 2.21. The fraction of sp³-hybridized carbons (Fsp3) is 0.318. The molecule has 8 heteroatoms. The van der Waals surface area contributed by atoms with Crippen molar-refractivity contribution in [3.05, 3.63) is 54.0 Å². The molecule has 5 rings (SSSR count). The van der Waals surface area contributed by atoms with E-state index in [-0.39, 0.29) is 6.61 Å². The van der Waals surface area contributed by atoms with Crippen LogP contribution in [-0.4, -0.2) is 51.0 Å². The molecule has 3 aromatic heterocycles. The topological polar surface area (TPSA) is 92.2 Å². The summed E-state index contributed by atoms with van der Waals surface area (Å²) >= 11 is 0. The van der Waals surface area contributed by atoms with E-state index in [1.807, 2.05) is 18.5 Å². The van der Waals surface area contributed by atoms with E-state index in [1.54, 1.807) is 10.7 Å². The van der Waals surface area contributed by atoms with Gasteiger partial charge < -0.3 is 19.7 Å². The van der Waals surface area contributed by atoms with Gasteiger partial charge in [0.05, 0.1) is 6.20 Å². The number of aryl methyl sites for hydroxylation is 1. The Labute approximate surface area is 174 Å². The van der Waals surface area contributed by atoms with E-state index in [9.17, 15) is 5.11 Å². The van der Waals surface area contributed by atoms with Crippen LogP contribution in [0, 0.1) is 6.92 Å². The van der Waals surface area contributed by atoms with E-state index in [4.69, 9.17) is 9.40 Å². The summed E-state index contributed by atoms with van der Waals surface area (Å²) in [6.45, 7) is 5.47. The highest BCUT2D eigenvalue weighted by molar-refractivity contribution is 5.85. The molecule has 30 heavy (non-hydrogen) atoms. The number of benzene rings is 1. The first-order chi connectivity index (χ1) is 14.7. The van der Waals surface area contributed by atoms with Crippen LogP contribution in [0.25, 0.3) is 28.2 Å². The molecule has 1 saturated heterocycles. The Morgan fingerprint density at radius 3 is 2.93 bits per heavy atom. The number of hydrogen-bond donors (Lipinski definition) is 2. The van der Waals surface area contributed by atoms with E-state index >= 15 is 0 Å². The Bertz CT molecular complexity index is 1170. The molecule has 0 spiro atoms. The Balaban J connectivity index is 1.59. The molecule has 154 valence electrons. The van der Waals surface area contributed by atoms with Crippen molar-refractivity contribution >= 4 is 16.9 Å². The van der Waals surface area contributed by atoms with Crippen molar-refractivity contribution in [3.63, 3.8) is 0 Å². The fourth-order valence-corrected chi connectivity index (χ4v) is 3.81. The third-order valence-electron chi connectivity index (χ3n) is 5.33. The molecule has 1 fully saturated rings. The molecule has 2 N–H and O–H groups in total. The lowest BCUT2D eigenvalue weighted by molar-refractivity contribution is 0.251. The van der Waals surface area contributed by atoms with Gasteiger partial charge in [-0.1, -0.05) is 29.8 Å². The number of furan rings is 1. The van der Waals surface area contributed by atoms with Crippen LogP contribution in [0.3, 0.4) is 0 Å². The monoisotopic (exact) mass is 404 g/mol. The molecule has 1 aliphatic rings. The normalized spacial score (nSPS) is 14.9. The van der Waals surface area contributed by atoms with Crippen molar-refractivity contribution in [2.45, 2.75) is 20.0 Å². The number of rotatable bonds is 4. The van der Waals surface area contributed by atoms with Crippen molar-refractivity contribution in [1.29, 1.82) is 0 Å². The maximum absolute atomic E-state index is 9.54. The van der Waals surface area contributed by atoms with Crippen LogP contribution in [0.1, 0.15) is 17.7 Å². The minimum Gasteiger partial charge on any atom is -0.453 e. The van der Waals surface area contributed by atoms with Gasteiger partial charge in [0.15, 0.2) is 11.4 Å². The average Bonchev–Trinajstić information content (AvgIpc) is 3.33. The first-order valence-electron chi connectivity index (χ1n) is 10.2. The van der Waals surface area contributed by atoms with E-state index in [2.05, 4.69) is 45.4 Å². The molecule has 0 atom stereocenters. The van der Waals surface area contributed by atoms with E-state index < -0.39 is 0 Å². The zero-order valence-electron chi connectivity index (χ0n) is 16.9. The van der Waals surface area contributed by atoms with Gasteiger partial charge in [-0.05, 0) is 25.5 Å². The van der Waals surface area contributed by atoms with Crippen molar-refractivity contribution < 1.29 is 9.52 Å². The van der Waals surface area contributed by atoms with Gasteiger partial charge in [0.1, 0.15) is 17.9 Å². The molecule has 8 nitrogen and oxygen atoms in total. The van der Waals surface area contributed by atoms with Gasteiger partial charge in [0.2, 0.25) is 0 Å². The van der Waals surface area contributed by atoms with Crippen LogP contribution in [0.5, 0.6) is 0 Å². The molecule has 1 aromatic carbocycles. The molecule has 0 bridgehead atoms. The molecule has 4 aromatic rings. The molecule has 1 aliphatic heterocycles. The summed E-state index contributed by atoms with van der Waals surface area (Å²) in [6.07, 6.45) is 4.79. The van der Waals surface area contributed by atoms with Crippen LogP contribution >= 0.6 is 0 Å². The highest BCUT2D eigenvalue weighted by Crippen LogP contribution is 2.29. The van der Waals surface area contributed by atoms with Gasteiger partial charge in [-0.2, -0.15) is 10.1 Å². The second-order valence-corrected chi connectivity index (χ2v) is 7.57. The lowest BCUT2D eigenvalue weighted by atomic mass is 10.1. The summed E-state index contributed by atoms with van der Waals surface area (Å²) in [5.74, 6) is 1.71. The minimum atomic E-state index is -0.175. The third kappa shape index (κ3) is 3.55. The quantitative estimate of drug-likeness (QED) is 0.540. The largest absolute Gasteiger partial charge is 0.453 e. The summed E-state index contributed by atoms with van der Waals surface area (Å²) in [5.41, 5.74) is 4.59. The van der Waals surface area contributed by atoms with Crippen LogP contribution < -0.4 is 10.2 Å². The molecule has 0 unspecified atom stereocenters. The Morgan fingerprint density at radius 1 is 1.13 bits per heavy atom.